The van der Waals surface area contributed by atoms with E-state index in [9.17, 15) is 9.59 Å². The van der Waals surface area contributed by atoms with E-state index < -0.39 is 12.6 Å². The van der Waals surface area contributed by atoms with E-state index in [1.54, 1.807) is 24.3 Å². The van der Waals surface area contributed by atoms with E-state index in [0.29, 0.717) is 24.4 Å². The fourth-order valence-corrected chi connectivity index (χ4v) is 2.77. The number of aliphatic carboxylic acids is 1. The molecule has 1 heterocycles. The standard InChI is InChI=1S/C18H25NO5/c1-2-11-23-15-7-4-9-19(10-8-15)18(22)14-5-3-6-16(12-14)24-13-17(20)21/h3,5-6,12,15H,2,4,7-11,13H2,1H3,(H,20,21). The van der Waals surface area contributed by atoms with Gasteiger partial charge in [0.1, 0.15) is 5.75 Å². The van der Waals surface area contributed by atoms with Crippen LogP contribution in [0, 0.1) is 0 Å². The van der Waals surface area contributed by atoms with E-state index in [-0.39, 0.29) is 12.0 Å². The Bertz CT molecular complexity index is 560. The van der Waals surface area contributed by atoms with Crippen molar-refractivity contribution in [2.45, 2.75) is 38.7 Å². The van der Waals surface area contributed by atoms with Crippen molar-refractivity contribution in [3.8, 4) is 5.75 Å². The van der Waals surface area contributed by atoms with E-state index in [0.717, 1.165) is 32.3 Å². The second-order valence-corrected chi connectivity index (χ2v) is 5.93. The van der Waals surface area contributed by atoms with Crippen molar-refractivity contribution in [3.63, 3.8) is 0 Å². The highest BCUT2D eigenvalue weighted by atomic mass is 16.5. The van der Waals surface area contributed by atoms with Gasteiger partial charge in [-0.25, -0.2) is 4.79 Å². The molecule has 6 heteroatoms. The molecule has 2 rings (SSSR count). The molecule has 1 aromatic rings. The maximum atomic E-state index is 12.7. The van der Waals surface area contributed by atoms with E-state index in [1.807, 2.05) is 4.90 Å². The van der Waals surface area contributed by atoms with Gasteiger partial charge in [0.15, 0.2) is 6.61 Å². The number of carboxylic acid groups (broad SMARTS) is 1. The van der Waals surface area contributed by atoms with Crippen LogP contribution in [0.15, 0.2) is 24.3 Å². The Balaban J connectivity index is 1.95. The van der Waals surface area contributed by atoms with Gasteiger partial charge in [-0.3, -0.25) is 4.79 Å². The fraction of sp³-hybridized carbons (Fsp3) is 0.556. The number of rotatable bonds is 7. The average molecular weight is 335 g/mol. The molecule has 0 bridgehead atoms. The maximum absolute atomic E-state index is 12.7. The van der Waals surface area contributed by atoms with Crippen molar-refractivity contribution >= 4 is 11.9 Å². The highest BCUT2D eigenvalue weighted by molar-refractivity contribution is 5.94. The monoisotopic (exact) mass is 335 g/mol. The molecule has 1 amide bonds. The minimum Gasteiger partial charge on any atom is -0.482 e. The molecule has 1 aromatic carbocycles. The molecule has 1 saturated heterocycles. The molecule has 6 nitrogen and oxygen atoms in total. The number of carboxylic acids is 1. The lowest BCUT2D eigenvalue weighted by molar-refractivity contribution is -0.139. The zero-order valence-electron chi connectivity index (χ0n) is 14.1. The van der Waals surface area contributed by atoms with Gasteiger partial charge in [-0.05, 0) is 43.9 Å². The number of hydrogen-bond acceptors (Lipinski definition) is 4. The summed E-state index contributed by atoms with van der Waals surface area (Å²) in [6.45, 7) is 3.82. The molecule has 1 fully saturated rings. The first-order valence-corrected chi connectivity index (χ1v) is 8.45. The van der Waals surface area contributed by atoms with Crippen LogP contribution in [0.5, 0.6) is 5.75 Å². The molecule has 1 unspecified atom stereocenters. The number of benzene rings is 1. The van der Waals surface area contributed by atoms with Crippen molar-refractivity contribution in [1.29, 1.82) is 0 Å². The fourth-order valence-electron chi connectivity index (χ4n) is 2.77. The van der Waals surface area contributed by atoms with Crippen LogP contribution in [0.4, 0.5) is 0 Å². The summed E-state index contributed by atoms with van der Waals surface area (Å²) in [5.41, 5.74) is 0.519. The predicted octanol–water partition coefficient (Wildman–Crippen LogP) is 2.57. The first-order valence-electron chi connectivity index (χ1n) is 8.45. The molecule has 0 aliphatic carbocycles. The zero-order chi connectivity index (χ0) is 17.4. The second-order valence-electron chi connectivity index (χ2n) is 5.93. The Morgan fingerprint density at radius 2 is 2.12 bits per heavy atom. The first kappa shape index (κ1) is 18.3. The number of likely N-dealkylation sites (tertiary alicyclic amines) is 1. The molecule has 1 aliphatic heterocycles. The number of carbonyl (C=O) groups is 2. The van der Waals surface area contributed by atoms with Gasteiger partial charge in [0.05, 0.1) is 6.10 Å². The quantitative estimate of drug-likeness (QED) is 0.829. The van der Waals surface area contributed by atoms with Crippen LogP contribution < -0.4 is 4.74 Å². The summed E-state index contributed by atoms with van der Waals surface area (Å²) in [5, 5.41) is 8.66. The molecule has 1 atom stereocenters. The number of amides is 1. The van der Waals surface area contributed by atoms with E-state index >= 15 is 0 Å². The molecule has 132 valence electrons. The van der Waals surface area contributed by atoms with Crippen LogP contribution in [-0.2, 0) is 9.53 Å². The molecule has 0 spiro atoms. The van der Waals surface area contributed by atoms with Gasteiger partial charge in [-0.1, -0.05) is 13.0 Å². The minimum absolute atomic E-state index is 0.0492. The summed E-state index contributed by atoms with van der Waals surface area (Å²) >= 11 is 0. The average Bonchev–Trinajstić information content (AvgIpc) is 2.83. The van der Waals surface area contributed by atoms with E-state index in [4.69, 9.17) is 14.6 Å². The van der Waals surface area contributed by atoms with Gasteiger partial charge in [0.25, 0.3) is 5.91 Å². The Kier molecular flexibility index (Phi) is 7.06. The van der Waals surface area contributed by atoms with E-state index in [2.05, 4.69) is 6.92 Å². The normalized spacial score (nSPS) is 18.0. The maximum Gasteiger partial charge on any atom is 0.341 e. The topological polar surface area (TPSA) is 76.1 Å². The van der Waals surface area contributed by atoms with Crippen molar-refractivity contribution in [2.75, 3.05) is 26.3 Å². The lowest BCUT2D eigenvalue weighted by atomic mass is 10.1. The summed E-state index contributed by atoms with van der Waals surface area (Å²) in [6, 6.07) is 6.68. The zero-order valence-corrected chi connectivity index (χ0v) is 14.1. The molecule has 24 heavy (non-hydrogen) atoms. The van der Waals surface area contributed by atoms with Crippen molar-refractivity contribution in [2.24, 2.45) is 0 Å². The van der Waals surface area contributed by atoms with Crippen LogP contribution >= 0.6 is 0 Å². The van der Waals surface area contributed by atoms with Gasteiger partial charge in [-0.2, -0.15) is 0 Å². The highest BCUT2D eigenvalue weighted by Crippen LogP contribution is 2.19. The molecule has 1 aliphatic rings. The molecular formula is C18H25NO5. The summed E-state index contributed by atoms with van der Waals surface area (Å²) in [7, 11) is 0. The van der Waals surface area contributed by atoms with Gasteiger partial charge in [0, 0.05) is 25.3 Å². The lowest BCUT2D eigenvalue weighted by Gasteiger charge is -2.21. The van der Waals surface area contributed by atoms with Crippen LogP contribution in [0.2, 0.25) is 0 Å². The Labute approximate surface area is 142 Å². The van der Waals surface area contributed by atoms with Crippen LogP contribution in [0.1, 0.15) is 43.0 Å². The summed E-state index contributed by atoms with van der Waals surface area (Å²) < 4.78 is 10.9. The van der Waals surface area contributed by atoms with Crippen molar-refractivity contribution < 1.29 is 24.2 Å². The third-order valence-electron chi connectivity index (χ3n) is 3.96. The second kappa shape index (κ2) is 9.27. The smallest absolute Gasteiger partial charge is 0.341 e. The van der Waals surface area contributed by atoms with Crippen molar-refractivity contribution in [3.05, 3.63) is 29.8 Å². The lowest BCUT2D eigenvalue weighted by Crippen LogP contribution is -2.32. The van der Waals surface area contributed by atoms with Gasteiger partial charge >= 0.3 is 5.97 Å². The summed E-state index contributed by atoms with van der Waals surface area (Å²) in [5.74, 6) is -0.702. The molecule has 1 N–H and O–H groups in total. The SMILES string of the molecule is CCCOC1CCCN(C(=O)c2cccc(OCC(=O)O)c2)CC1. The first-order chi connectivity index (χ1) is 11.6. The Morgan fingerprint density at radius 1 is 1.29 bits per heavy atom. The van der Waals surface area contributed by atoms with E-state index in [1.165, 1.54) is 0 Å². The van der Waals surface area contributed by atoms with Gasteiger partial charge in [-0.15, -0.1) is 0 Å². The predicted molar refractivity (Wildman–Crippen MR) is 89.4 cm³/mol. The number of ether oxygens (including phenoxy) is 2. The number of carbonyl (C=O) groups excluding carboxylic acids is 1. The third kappa shape index (κ3) is 5.53. The number of hydrogen-bond donors (Lipinski definition) is 1. The Hall–Kier alpha value is -2.08. The summed E-state index contributed by atoms with van der Waals surface area (Å²) in [4.78, 5) is 25.1. The third-order valence-corrected chi connectivity index (χ3v) is 3.96. The minimum atomic E-state index is -1.04. The largest absolute Gasteiger partial charge is 0.482 e. The van der Waals surface area contributed by atoms with Crippen molar-refractivity contribution in [1.82, 2.24) is 4.90 Å². The van der Waals surface area contributed by atoms with Gasteiger partial charge < -0.3 is 19.5 Å². The van der Waals surface area contributed by atoms with Crippen LogP contribution in [-0.4, -0.2) is 54.3 Å². The molecular weight excluding hydrogens is 310 g/mol. The van der Waals surface area contributed by atoms with Gasteiger partial charge in [0.2, 0.25) is 0 Å². The highest BCUT2D eigenvalue weighted by Gasteiger charge is 2.22. The molecule has 0 saturated carbocycles. The van der Waals surface area contributed by atoms with Crippen LogP contribution in [0.25, 0.3) is 0 Å². The Morgan fingerprint density at radius 3 is 2.88 bits per heavy atom. The molecule has 0 aromatic heterocycles. The number of nitrogens with zero attached hydrogens (tertiary/aromatic N) is 1. The van der Waals surface area contributed by atoms with Crippen LogP contribution in [0.3, 0.4) is 0 Å². The molecule has 0 radical (unpaired) electrons. The summed E-state index contributed by atoms with van der Waals surface area (Å²) in [6.07, 6.45) is 3.98.